The molecule has 94 valence electrons. The molecule has 0 spiro atoms. The number of rotatable bonds is 5. The summed E-state index contributed by atoms with van der Waals surface area (Å²) in [6.45, 7) is 4.36. The highest BCUT2D eigenvalue weighted by Crippen LogP contribution is 2.31. The summed E-state index contributed by atoms with van der Waals surface area (Å²) in [5.41, 5.74) is -0.708. The first kappa shape index (κ1) is 13.5. The lowest BCUT2D eigenvalue weighted by molar-refractivity contribution is -0.139. The fourth-order valence-corrected chi connectivity index (χ4v) is 2.51. The van der Waals surface area contributed by atoms with Crippen LogP contribution in [0.4, 0.5) is 0 Å². The maximum Gasteiger partial charge on any atom is 0.320 e. The van der Waals surface area contributed by atoms with Crippen LogP contribution in [0.25, 0.3) is 0 Å². The number of nitrogens with one attached hydrogen (secondary N) is 1. The SMILES string of the molecule is CCC(NCC1(O)CCCC(C)C1)C(=O)O. The normalized spacial score (nSPS) is 32.3. The van der Waals surface area contributed by atoms with E-state index < -0.39 is 17.6 Å². The highest BCUT2D eigenvalue weighted by molar-refractivity contribution is 5.73. The van der Waals surface area contributed by atoms with Crippen LogP contribution in [0.5, 0.6) is 0 Å². The van der Waals surface area contributed by atoms with Crippen LogP contribution in [0.3, 0.4) is 0 Å². The molecule has 4 heteroatoms. The third kappa shape index (κ3) is 3.76. The van der Waals surface area contributed by atoms with E-state index in [0.717, 1.165) is 19.3 Å². The van der Waals surface area contributed by atoms with Crippen molar-refractivity contribution in [2.45, 2.75) is 57.6 Å². The van der Waals surface area contributed by atoms with Gasteiger partial charge < -0.3 is 15.5 Å². The second-order valence-electron chi connectivity index (χ2n) is 5.11. The second kappa shape index (κ2) is 5.64. The summed E-state index contributed by atoms with van der Waals surface area (Å²) >= 11 is 0. The van der Waals surface area contributed by atoms with E-state index in [2.05, 4.69) is 12.2 Å². The molecule has 4 nitrogen and oxygen atoms in total. The maximum absolute atomic E-state index is 10.8. The number of hydrogen-bond acceptors (Lipinski definition) is 3. The Morgan fingerprint density at radius 1 is 1.62 bits per heavy atom. The van der Waals surface area contributed by atoms with Gasteiger partial charge in [0.1, 0.15) is 6.04 Å². The van der Waals surface area contributed by atoms with Crippen molar-refractivity contribution in [3.8, 4) is 0 Å². The van der Waals surface area contributed by atoms with Crippen LogP contribution >= 0.6 is 0 Å². The van der Waals surface area contributed by atoms with Crippen molar-refractivity contribution in [2.24, 2.45) is 5.92 Å². The van der Waals surface area contributed by atoms with E-state index in [-0.39, 0.29) is 0 Å². The highest BCUT2D eigenvalue weighted by atomic mass is 16.4. The highest BCUT2D eigenvalue weighted by Gasteiger charge is 2.33. The molecule has 1 aliphatic rings. The van der Waals surface area contributed by atoms with Gasteiger partial charge in [-0.05, 0) is 25.2 Å². The fraction of sp³-hybridized carbons (Fsp3) is 0.917. The minimum absolute atomic E-state index is 0.391. The Balaban J connectivity index is 2.43. The van der Waals surface area contributed by atoms with Crippen molar-refractivity contribution in [3.05, 3.63) is 0 Å². The van der Waals surface area contributed by atoms with Crippen molar-refractivity contribution < 1.29 is 15.0 Å². The van der Waals surface area contributed by atoms with Gasteiger partial charge in [0, 0.05) is 6.54 Å². The van der Waals surface area contributed by atoms with Gasteiger partial charge in [0.25, 0.3) is 0 Å². The molecule has 0 aromatic carbocycles. The summed E-state index contributed by atoms with van der Waals surface area (Å²) in [5, 5.41) is 22.2. The molecule has 0 heterocycles. The van der Waals surface area contributed by atoms with E-state index in [9.17, 15) is 9.90 Å². The lowest BCUT2D eigenvalue weighted by atomic mass is 9.79. The van der Waals surface area contributed by atoms with E-state index in [0.29, 0.717) is 18.9 Å². The van der Waals surface area contributed by atoms with Gasteiger partial charge in [-0.1, -0.05) is 26.7 Å². The van der Waals surface area contributed by atoms with Crippen LogP contribution in [0.1, 0.15) is 46.0 Å². The average Bonchev–Trinajstić information content (AvgIpc) is 2.17. The van der Waals surface area contributed by atoms with Gasteiger partial charge in [0.05, 0.1) is 5.60 Å². The van der Waals surface area contributed by atoms with E-state index in [4.69, 9.17) is 5.11 Å². The second-order valence-corrected chi connectivity index (χ2v) is 5.11. The molecule has 1 aliphatic carbocycles. The van der Waals surface area contributed by atoms with Crippen molar-refractivity contribution in [1.82, 2.24) is 5.32 Å². The summed E-state index contributed by atoms with van der Waals surface area (Å²) in [6, 6.07) is -0.541. The van der Waals surface area contributed by atoms with Crippen LogP contribution in [0.2, 0.25) is 0 Å². The molecule has 3 atom stereocenters. The number of aliphatic hydroxyl groups is 1. The van der Waals surface area contributed by atoms with Crippen LogP contribution in [0.15, 0.2) is 0 Å². The topological polar surface area (TPSA) is 69.6 Å². The summed E-state index contributed by atoms with van der Waals surface area (Å²) in [7, 11) is 0. The van der Waals surface area contributed by atoms with Crippen molar-refractivity contribution in [1.29, 1.82) is 0 Å². The molecule has 0 aromatic heterocycles. The monoisotopic (exact) mass is 229 g/mol. The van der Waals surface area contributed by atoms with Crippen molar-refractivity contribution >= 4 is 5.97 Å². The third-order valence-electron chi connectivity index (χ3n) is 3.45. The van der Waals surface area contributed by atoms with E-state index in [1.165, 1.54) is 6.42 Å². The number of carboxylic acid groups (broad SMARTS) is 1. The van der Waals surface area contributed by atoms with Gasteiger partial charge in [-0.15, -0.1) is 0 Å². The van der Waals surface area contributed by atoms with Gasteiger partial charge in [0.15, 0.2) is 0 Å². The van der Waals surface area contributed by atoms with Gasteiger partial charge >= 0.3 is 5.97 Å². The molecule has 1 saturated carbocycles. The average molecular weight is 229 g/mol. The summed E-state index contributed by atoms with van der Waals surface area (Å²) < 4.78 is 0. The molecule has 16 heavy (non-hydrogen) atoms. The zero-order valence-corrected chi connectivity index (χ0v) is 10.2. The smallest absolute Gasteiger partial charge is 0.320 e. The number of carboxylic acids is 1. The molecule has 1 fully saturated rings. The third-order valence-corrected chi connectivity index (χ3v) is 3.45. The fourth-order valence-electron chi connectivity index (χ4n) is 2.51. The van der Waals surface area contributed by atoms with Crippen LogP contribution in [-0.2, 0) is 4.79 Å². The molecule has 0 aromatic rings. The Morgan fingerprint density at radius 3 is 2.81 bits per heavy atom. The van der Waals surface area contributed by atoms with E-state index in [1.807, 2.05) is 6.92 Å². The molecule has 3 unspecified atom stereocenters. The van der Waals surface area contributed by atoms with Gasteiger partial charge in [0.2, 0.25) is 0 Å². The largest absolute Gasteiger partial charge is 0.480 e. The summed E-state index contributed by atoms with van der Waals surface area (Å²) in [4.78, 5) is 10.8. The first-order valence-corrected chi connectivity index (χ1v) is 6.15. The molecule has 0 bridgehead atoms. The van der Waals surface area contributed by atoms with Gasteiger partial charge in [-0.25, -0.2) is 0 Å². The van der Waals surface area contributed by atoms with Crippen LogP contribution in [-0.4, -0.2) is 34.4 Å². The predicted molar refractivity (Wildman–Crippen MR) is 62.3 cm³/mol. The lowest BCUT2D eigenvalue weighted by Gasteiger charge is -2.36. The van der Waals surface area contributed by atoms with E-state index >= 15 is 0 Å². The molecule has 0 amide bonds. The maximum atomic E-state index is 10.8. The summed E-state index contributed by atoms with van der Waals surface area (Å²) in [5.74, 6) is -0.305. The predicted octanol–water partition coefficient (Wildman–Crippen LogP) is 1.38. The van der Waals surface area contributed by atoms with Crippen LogP contribution in [0, 0.1) is 5.92 Å². The lowest BCUT2D eigenvalue weighted by Crippen LogP contribution is -2.49. The molecule has 0 aliphatic heterocycles. The Kier molecular flexibility index (Phi) is 4.74. The van der Waals surface area contributed by atoms with E-state index in [1.54, 1.807) is 0 Å². The summed E-state index contributed by atoms with van der Waals surface area (Å²) in [6.07, 6.45) is 4.29. The van der Waals surface area contributed by atoms with Gasteiger partial charge in [-0.2, -0.15) is 0 Å². The molecule has 3 N–H and O–H groups in total. The zero-order valence-electron chi connectivity index (χ0n) is 10.2. The molecular formula is C12H23NO3. The number of carbonyl (C=O) groups is 1. The first-order valence-electron chi connectivity index (χ1n) is 6.15. The van der Waals surface area contributed by atoms with Crippen molar-refractivity contribution in [3.63, 3.8) is 0 Å². The zero-order chi connectivity index (χ0) is 12.2. The standard InChI is InChI=1S/C12H23NO3/c1-3-10(11(14)15)13-8-12(16)6-4-5-9(2)7-12/h9-10,13,16H,3-8H2,1-2H3,(H,14,15). The number of hydrogen-bond donors (Lipinski definition) is 3. The molecule has 0 saturated heterocycles. The minimum atomic E-state index is -0.838. The Morgan fingerprint density at radius 2 is 2.31 bits per heavy atom. The Labute approximate surface area is 97.0 Å². The number of aliphatic carboxylic acids is 1. The van der Waals surface area contributed by atoms with Crippen LogP contribution < -0.4 is 5.32 Å². The Hall–Kier alpha value is -0.610. The quantitative estimate of drug-likeness (QED) is 0.666. The minimum Gasteiger partial charge on any atom is -0.480 e. The molecular weight excluding hydrogens is 206 g/mol. The first-order chi connectivity index (χ1) is 7.47. The molecule has 0 radical (unpaired) electrons. The van der Waals surface area contributed by atoms with Gasteiger partial charge in [-0.3, -0.25) is 4.79 Å². The Bertz CT molecular complexity index is 244. The molecule has 1 rings (SSSR count). The van der Waals surface area contributed by atoms with Crippen molar-refractivity contribution in [2.75, 3.05) is 6.54 Å².